The topological polar surface area (TPSA) is 77.0 Å². The van der Waals surface area contributed by atoms with Gasteiger partial charge < -0.3 is 24.6 Å². The van der Waals surface area contributed by atoms with E-state index in [1.807, 2.05) is 0 Å². The summed E-state index contributed by atoms with van der Waals surface area (Å²) >= 11 is 0. The van der Waals surface area contributed by atoms with Crippen LogP contribution in [0.15, 0.2) is 42.5 Å². The maximum atomic E-state index is 11.9. The summed E-state index contributed by atoms with van der Waals surface area (Å²) < 4.78 is 16.1. The van der Waals surface area contributed by atoms with Gasteiger partial charge in [0.25, 0.3) is 5.91 Å². The molecule has 0 radical (unpaired) electrons. The van der Waals surface area contributed by atoms with Gasteiger partial charge in [-0.15, -0.1) is 0 Å². The summed E-state index contributed by atoms with van der Waals surface area (Å²) in [4.78, 5) is 11.9. The summed E-state index contributed by atoms with van der Waals surface area (Å²) in [6.07, 6.45) is 0. The molecule has 0 unspecified atom stereocenters. The largest absolute Gasteiger partial charge is 0.504 e. The lowest BCUT2D eigenvalue weighted by Gasteiger charge is -2.19. The minimum atomic E-state index is -0.333. The van der Waals surface area contributed by atoms with E-state index in [9.17, 15) is 9.90 Å². The molecule has 6 heteroatoms. The highest BCUT2D eigenvalue weighted by atomic mass is 16.6. The molecule has 1 amide bonds. The first kappa shape index (κ1) is 14.1. The second kappa shape index (κ2) is 6.26. The number of rotatable bonds is 4. The highest BCUT2D eigenvalue weighted by molar-refractivity contribution is 5.92. The second-order valence-electron chi connectivity index (χ2n) is 4.66. The fraction of sp³-hybridized carbons (Fsp3) is 0.188. The minimum absolute atomic E-state index is 0.00497. The molecule has 0 aromatic heterocycles. The molecule has 3 rings (SSSR count). The maximum absolute atomic E-state index is 11.9. The molecule has 0 saturated heterocycles. The van der Waals surface area contributed by atoms with Crippen LogP contribution in [-0.4, -0.2) is 30.8 Å². The van der Waals surface area contributed by atoms with E-state index in [0.717, 1.165) is 0 Å². The Balaban J connectivity index is 1.59. The number of carbonyl (C=O) groups excluding carboxylic acids is 1. The SMILES string of the molecule is O=C(COc1ccccc1O)Nc1ccc2c(c1)OCCO2. The van der Waals surface area contributed by atoms with Crippen molar-refractivity contribution >= 4 is 11.6 Å². The van der Waals surface area contributed by atoms with Crippen LogP contribution in [0, 0.1) is 0 Å². The molecule has 0 fully saturated rings. The Morgan fingerprint density at radius 3 is 2.73 bits per heavy atom. The molecule has 1 aliphatic heterocycles. The van der Waals surface area contributed by atoms with E-state index >= 15 is 0 Å². The van der Waals surface area contributed by atoms with Crippen LogP contribution in [0.25, 0.3) is 0 Å². The summed E-state index contributed by atoms with van der Waals surface area (Å²) in [5.41, 5.74) is 0.593. The van der Waals surface area contributed by atoms with Gasteiger partial charge in [-0.2, -0.15) is 0 Å². The zero-order valence-corrected chi connectivity index (χ0v) is 11.7. The standard InChI is InChI=1S/C16H15NO5/c18-12-3-1-2-4-13(12)22-10-16(19)17-11-5-6-14-15(9-11)21-8-7-20-14/h1-6,9,18H,7-8,10H2,(H,17,19). The molecule has 114 valence electrons. The Morgan fingerprint density at radius 2 is 1.91 bits per heavy atom. The van der Waals surface area contributed by atoms with Gasteiger partial charge in [0, 0.05) is 11.8 Å². The van der Waals surface area contributed by atoms with Crippen LogP contribution in [0.4, 0.5) is 5.69 Å². The molecular weight excluding hydrogens is 286 g/mol. The lowest BCUT2D eigenvalue weighted by molar-refractivity contribution is -0.118. The molecule has 0 aliphatic carbocycles. The predicted octanol–water partition coefficient (Wildman–Crippen LogP) is 2.18. The van der Waals surface area contributed by atoms with Gasteiger partial charge in [-0.3, -0.25) is 4.79 Å². The monoisotopic (exact) mass is 301 g/mol. The number of carbonyl (C=O) groups is 1. The van der Waals surface area contributed by atoms with Gasteiger partial charge in [-0.25, -0.2) is 0 Å². The van der Waals surface area contributed by atoms with Gasteiger partial charge in [0.05, 0.1) is 0 Å². The van der Waals surface area contributed by atoms with E-state index in [-0.39, 0.29) is 24.0 Å². The van der Waals surface area contributed by atoms with Gasteiger partial charge in [-0.05, 0) is 24.3 Å². The number of fused-ring (bicyclic) bond motifs is 1. The van der Waals surface area contributed by atoms with Crippen LogP contribution in [0.1, 0.15) is 0 Å². The molecular formula is C16H15NO5. The van der Waals surface area contributed by atoms with E-state index < -0.39 is 0 Å². The second-order valence-corrected chi connectivity index (χ2v) is 4.66. The number of ether oxygens (including phenoxy) is 3. The third kappa shape index (κ3) is 3.22. The fourth-order valence-electron chi connectivity index (χ4n) is 2.04. The van der Waals surface area contributed by atoms with Crippen molar-refractivity contribution in [2.24, 2.45) is 0 Å². The Kier molecular flexibility index (Phi) is 4.00. The van der Waals surface area contributed by atoms with Gasteiger partial charge in [0.2, 0.25) is 0 Å². The average Bonchev–Trinajstić information content (AvgIpc) is 2.54. The van der Waals surface area contributed by atoms with E-state index in [1.165, 1.54) is 6.07 Å². The highest BCUT2D eigenvalue weighted by Crippen LogP contribution is 2.32. The van der Waals surface area contributed by atoms with E-state index in [2.05, 4.69) is 5.32 Å². The van der Waals surface area contributed by atoms with Crippen molar-refractivity contribution in [3.63, 3.8) is 0 Å². The number of aromatic hydroxyl groups is 1. The maximum Gasteiger partial charge on any atom is 0.262 e. The van der Waals surface area contributed by atoms with Crippen molar-refractivity contribution < 1.29 is 24.1 Å². The number of nitrogens with one attached hydrogen (secondary N) is 1. The van der Waals surface area contributed by atoms with E-state index in [1.54, 1.807) is 36.4 Å². The molecule has 6 nitrogen and oxygen atoms in total. The van der Waals surface area contributed by atoms with Crippen molar-refractivity contribution in [3.8, 4) is 23.0 Å². The molecule has 0 saturated carbocycles. The van der Waals surface area contributed by atoms with Crippen molar-refractivity contribution in [1.82, 2.24) is 0 Å². The van der Waals surface area contributed by atoms with Gasteiger partial charge in [-0.1, -0.05) is 12.1 Å². The number of phenols is 1. The molecule has 1 heterocycles. The molecule has 1 aliphatic rings. The Bertz CT molecular complexity index is 686. The van der Waals surface area contributed by atoms with Crippen LogP contribution in [0.2, 0.25) is 0 Å². The average molecular weight is 301 g/mol. The van der Waals surface area contributed by atoms with Crippen LogP contribution >= 0.6 is 0 Å². The van der Waals surface area contributed by atoms with Gasteiger partial charge in [0.1, 0.15) is 13.2 Å². The molecule has 0 atom stereocenters. The number of anilines is 1. The molecule has 2 N–H and O–H groups in total. The lowest BCUT2D eigenvalue weighted by atomic mass is 10.2. The minimum Gasteiger partial charge on any atom is -0.504 e. The summed E-state index contributed by atoms with van der Waals surface area (Å²) in [6.45, 7) is 0.805. The summed E-state index contributed by atoms with van der Waals surface area (Å²) in [5, 5.41) is 12.3. The number of amides is 1. The number of para-hydroxylation sites is 2. The third-order valence-corrected chi connectivity index (χ3v) is 3.05. The Hall–Kier alpha value is -2.89. The van der Waals surface area contributed by atoms with Crippen molar-refractivity contribution in [2.75, 3.05) is 25.1 Å². The number of hydrogen-bond acceptors (Lipinski definition) is 5. The van der Waals surface area contributed by atoms with Crippen LogP contribution < -0.4 is 19.5 Å². The smallest absolute Gasteiger partial charge is 0.262 e. The van der Waals surface area contributed by atoms with Crippen LogP contribution in [0.3, 0.4) is 0 Å². The zero-order valence-electron chi connectivity index (χ0n) is 11.7. The summed E-state index contributed by atoms with van der Waals surface area (Å²) in [6, 6.07) is 11.7. The van der Waals surface area contributed by atoms with E-state index in [0.29, 0.717) is 30.4 Å². The van der Waals surface area contributed by atoms with Crippen LogP contribution in [-0.2, 0) is 4.79 Å². The van der Waals surface area contributed by atoms with Crippen molar-refractivity contribution in [3.05, 3.63) is 42.5 Å². The van der Waals surface area contributed by atoms with Gasteiger partial charge in [0.15, 0.2) is 29.6 Å². The normalized spacial score (nSPS) is 12.5. The molecule has 22 heavy (non-hydrogen) atoms. The Morgan fingerprint density at radius 1 is 1.14 bits per heavy atom. The highest BCUT2D eigenvalue weighted by Gasteiger charge is 2.13. The van der Waals surface area contributed by atoms with Crippen molar-refractivity contribution in [1.29, 1.82) is 0 Å². The molecule has 0 bridgehead atoms. The first-order chi connectivity index (χ1) is 10.7. The molecule has 2 aromatic rings. The lowest BCUT2D eigenvalue weighted by Crippen LogP contribution is -2.20. The van der Waals surface area contributed by atoms with Crippen molar-refractivity contribution in [2.45, 2.75) is 0 Å². The Labute approximate surface area is 127 Å². The number of phenolic OH excluding ortho intramolecular Hbond substituents is 1. The summed E-state index contributed by atoms with van der Waals surface area (Å²) in [7, 11) is 0. The molecule has 0 spiro atoms. The van der Waals surface area contributed by atoms with E-state index in [4.69, 9.17) is 14.2 Å². The number of hydrogen-bond donors (Lipinski definition) is 2. The summed E-state index contributed by atoms with van der Waals surface area (Å²) in [5.74, 6) is 1.19. The van der Waals surface area contributed by atoms with Gasteiger partial charge >= 0.3 is 0 Å². The zero-order chi connectivity index (χ0) is 15.4. The quantitative estimate of drug-likeness (QED) is 0.905. The third-order valence-electron chi connectivity index (χ3n) is 3.05. The first-order valence-corrected chi connectivity index (χ1v) is 6.83. The first-order valence-electron chi connectivity index (χ1n) is 6.83. The fourth-order valence-corrected chi connectivity index (χ4v) is 2.04. The molecule has 2 aromatic carbocycles. The van der Waals surface area contributed by atoms with Crippen LogP contribution in [0.5, 0.6) is 23.0 Å². The predicted molar refractivity (Wildman–Crippen MR) is 79.7 cm³/mol. The number of benzene rings is 2.